The lowest BCUT2D eigenvalue weighted by atomic mass is 9.96. The highest BCUT2D eigenvalue weighted by Crippen LogP contribution is 2.17. The molecule has 0 aromatic carbocycles. The lowest BCUT2D eigenvalue weighted by molar-refractivity contribution is -0.144. The number of aliphatic carboxylic acids is 1. The summed E-state index contributed by atoms with van der Waals surface area (Å²) in [5.41, 5.74) is 5.19. The zero-order chi connectivity index (χ0) is 14.6. The van der Waals surface area contributed by atoms with Crippen LogP contribution in [0.4, 0.5) is 4.79 Å². The molecular formula is C12H21N3O4. The molecule has 0 aliphatic carbocycles. The fourth-order valence-corrected chi connectivity index (χ4v) is 2.18. The zero-order valence-corrected chi connectivity index (χ0v) is 11.3. The van der Waals surface area contributed by atoms with Gasteiger partial charge in [-0.2, -0.15) is 0 Å². The highest BCUT2D eigenvalue weighted by molar-refractivity contribution is 5.85. The summed E-state index contributed by atoms with van der Waals surface area (Å²) in [5, 5.41) is 11.6. The number of nitrogens with zero attached hydrogens (tertiary/aromatic N) is 1. The molecule has 19 heavy (non-hydrogen) atoms. The number of hydrogen-bond acceptors (Lipinski definition) is 3. The van der Waals surface area contributed by atoms with Gasteiger partial charge >= 0.3 is 12.0 Å². The molecule has 0 aromatic heterocycles. The second-order valence-electron chi connectivity index (χ2n) is 5.19. The van der Waals surface area contributed by atoms with Gasteiger partial charge in [-0.1, -0.05) is 13.8 Å². The van der Waals surface area contributed by atoms with E-state index in [2.05, 4.69) is 5.32 Å². The van der Waals surface area contributed by atoms with E-state index in [0.717, 1.165) is 0 Å². The number of piperidine rings is 1. The predicted molar refractivity (Wildman–Crippen MR) is 68.3 cm³/mol. The molecule has 0 spiro atoms. The van der Waals surface area contributed by atoms with Crippen LogP contribution in [0.2, 0.25) is 0 Å². The van der Waals surface area contributed by atoms with E-state index in [-0.39, 0.29) is 24.3 Å². The fraction of sp³-hybridized carbons (Fsp3) is 0.750. The first-order valence-corrected chi connectivity index (χ1v) is 6.40. The summed E-state index contributed by atoms with van der Waals surface area (Å²) in [4.78, 5) is 35.6. The Morgan fingerprint density at radius 2 is 2.00 bits per heavy atom. The zero-order valence-electron chi connectivity index (χ0n) is 11.3. The molecule has 1 aliphatic heterocycles. The maximum atomic E-state index is 12.0. The molecule has 2 unspecified atom stereocenters. The number of likely N-dealkylation sites (tertiary alicyclic amines) is 1. The van der Waals surface area contributed by atoms with E-state index in [4.69, 9.17) is 10.8 Å². The van der Waals surface area contributed by atoms with Crippen molar-refractivity contribution in [3.8, 4) is 0 Å². The van der Waals surface area contributed by atoms with Crippen LogP contribution in [0.15, 0.2) is 0 Å². The first-order valence-electron chi connectivity index (χ1n) is 6.40. The number of primary amides is 1. The Balaban J connectivity index is 2.62. The molecule has 1 heterocycles. The van der Waals surface area contributed by atoms with Crippen LogP contribution < -0.4 is 11.1 Å². The van der Waals surface area contributed by atoms with Crippen molar-refractivity contribution in [2.24, 2.45) is 17.6 Å². The average molecular weight is 271 g/mol. The molecule has 0 aromatic rings. The minimum Gasteiger partial charge on any atom is -0.480 e. The van der Waals surface area contributed by atoms with Crippen LogP contribution in [0, 0.1) is 11.8 Å². The fourth-order valence-electron chi connectivity index (χ4n) is 2.18. The van der Waals surface area contributed by atoms with E-state index >= 15 is 0 Å². The van der Waals surface area contributed by atoms with Crippen LogP contribution in [0.1, 0.15) is 26.7 Å². The lowest BCUT2D eigenvalue weighted by Crippen LogP contribution is -2.51. The highest BCUT2D eigenvalue weighted by Gasteiger charge is 2.31. The van der Waals surface area contributed by atoms with Gasteiger partial charge in [-0.15, -0.1) is 0 Å². The van der Waals surface area contributed by atoms with Crippen molar-refractivity contribution in [1.82, 2.24) is 10.2 Å². The number of hydrogen-bond donors (Lipinski definition) is 3. The Kier molecular flexibility index (Phi) is 5.14. The Hall–Kier alpha value is -1.79. The number of carboxylic acid groups (broad SMARTS) is 1. The summed E-state index contributed by atoms with van der Waals surface area (Å²) in [6.07, 6.45) is 1.33. The molecule has 1 saturated heterocycles. The predicted octanol–water partition coefficient (Wildman–Crippen LogP) is 0.00250. The Bertz CT molecular complexity index is 370. The SMILES string of the molecule is CC(C)C(NC(=O)C1CCCN(C(N)=O)C1)C(=O)O. The van der Waals surface area contributed by atoms with Crippen molar-refractivity contribution in [3.05, 3.63) is 0 Å². The van der Waals surface area contributed by atoms with Crippen molar-refractivity contribution in [3.63, 3.8) is 0 Å². The molecule has 1 fully saturated rings. The van der Waals surface area contributed by atoms with Crippen molar-refractivity contribution < 1.29 is 19.5 Å². The van der Waals surface area contributed by atoms with Gasteiger partial charge in [-0.25, -0.2) is 9.59 Å². The lowest BCUT2D eigenvalue weighted by Gasteiger charge is -2.31. The van der Waals surface area contributed by atoms with Crippen LogP contribution in [0.25, 0.3) is 0 Å². The van der Waals surface area contributed by atoms with E-state index in [1.54, 1.807) is 13.8 Å². The first kappa shape index (κ1) is 15.3. The maximum Gasteiger partial charge on any atom is 0.326 e. The second-order valence-corrected chi connectivity index (χ2v) is 5.19. The van der Waals surface area contributed by atoms with Crippen molar-refractivity contribution in [1.29, 1.82) is 0 Å². The molecule has 0 bridgehead atoms. The number of rotatable bonds is 4. The summed E-state index contributed by atoms with van der Waals surface area (Å²) < 4.78 is 0. The van der Waals surface area contributed by atoms with Gasteiger partial charge in [0.25, 0.3) is 0 Å². The smallest absolute Gasteiger partial charge is 0.326 e. The second kappa shape index (κ2) is 6.40. The Morgan fingerprint density at radius 1 is 1.37 bits per heavy atom. The van der Waals surface area contributed by atoms with Gasteiger partial charge in [0.1, 0.15) is 6.04 Å². The largest absolute Gasteiger partial charge is 0.480 e. The molecular weight excluding hydrogens is 250 g/mol. The van der Waals surface area contributed by atoms with E-state index in [1.165, 1.54) is 4.90 Å². The molecule has 1 rings (SSSR count). The molecule has 1 aliphatic rings. The van der Waals surface area contributed by atoms with Crippen LogP contribution in [-0.4, -0.2) is 47.0 Å². The van der Waals surface area contributed by atoms with Gasteiger partial charge in [0, 0.05) is 13.1 Å². The molecule has 0 radical (unpaired) electrons. The molecule has 7 nitrogen and oxygen atoms in total. The molecule has 7 heteroatoms. The minimum absolute atomic E-state index is 0.197. The van der Waals surface area contributed by atoms with Gasteiger partial charge in [0.05, 0.1) is 5.92 Å². The van der Waals surface area contributed by atoms with E-state index in [1.807, 2.05) is 0 Å². The van der Waals surface area contributed by atoms with E-state index in [0.29, 0.717) is 19.4 Å². The monoisotopic (exact) mass is 271 g/mol. The third-order valence-electron chi connectivity index (χ3n) is 3.33. The average Bonchev–Trinajstić information content (AvgIpc) is 2.34. The van der Waals surface area contributed by atoms with Crippen molar-refractivity contribution in [2.75, 3.05) is 13.1 Å². The van der Waals surface area contributed by atoms with Crippen molar-refractivity contribution in [2.45, 2.75) is 32.7 Å². The number of carbonyl (C=O) groups excluding carboxylic acids is 2. The quantitative estimate of drug-likeness (QED) is 0.668. The van der Waals surface area contributed by atoms with E-state index in [9.17, 15) is 14.4 Å². The summed E-state index contributed by atoms with van der Waals surface area (Å²) in [7, 11) is 0. The maximum absolute atomic E-state index is 12.0. The summed E-state index contributed by atoms with van der Waals surface area (Å²) in [5.74, 6) is -1.96. The number of carbonyl (C=O) groups is 3. The van der Waals surface area contributed by atoms with Gasteiger partial charge in [0.15, 0.2) is 0 Å². The molecule has 4 N–H and O–H groups in total. The normalized spacial score (nSPS) is 21.0. The number of nitrogens with one attached hydrogen (secondary N) is 1. The standard InChI is InChI=1S/C12H21N3O4/c1-7(2)9(11(17)18)14-10(16)8-4-3-5-15(6-8)12(13)19/h7-9H,3-6H2,1-2H3,(H2,13,19)(H,14,16)(H,17,18). The van der Waals surface area contributed by atoms with Gasteiger partial charge < -0.3 is 21.1 Å². The summed E-state index contributed by atoms with van der Waals surface area (Å²) in [6.45, 7) is 4.27. The number of urea groups is 1. The molecule has 0 saturated carbocycles. The van der Waals surface area contributed by atoms with Crippen LogP contribution in [-0.2, 0) is 9.59 Å². The highest BCUT2D eigenvalue weighted by atomic mass is 16.4. The number of carboxylic acids is 1. The van der Waals surface area contributed by atoms with Gasteiger partial charge in [-0.3, -0.25) is 4.79 Å². The molecule has 108 valence electrons. The third kappa shape index (κ3) is 4.11. The topological polar surface area (TPSA) is 113 Å². The first-order chi connectivity index (χ1) is 8.82. The van der Waals surface area contributed by atoms with Crippen molar-refractivity contribution >= 4 is 17.9 Å². The molecule has 3 amide bonds. The Morgan fingerprint density at radius 3 is 2.47 bits per heavy atom. The van der Waals surface area contributed by atoms with Crippen LogP contribution in [0.5, 0.6) is 0 Å². The molecule has 2 atom stereocenters. The number of amides is 3. The Labute approximate surface area is 112 Å². The third-order valence-corrected chi connectivity index (χ3v) is 3.33. The van der Waals surface area contributed by atoms with E-state index < -0.39 is 18.0 Å². The summed E-state index contributed by atoms with van der Waals surface area (Å²) in [6, 6.07) is -1.45. The van der Waals surface area contributed by atoms with Gasteiger partial charge in [-0.05, 0) is 18.8 Å². The summed E-state index contributed by atoms with van der Waals surface area (Å²) >= 11 is 0. The van der Waals surface area contributed by atoms with Gasteiger partial charge in [0.2, 0.25) is 5.91 Å². The minimum atomic E-state index is -1.05. The van der Waals surface area contributed by atoms with Crippen LogP contribution in [0.3, 0.4) is 0 Å². The number of nitrogens with two attached hydrogens (primary N) is 1. The van der Waals surface area contributed by atoms with Crippen LogP contribution >= 0.6 is 0 Å².